The number of para-hydroxylation sites is 1. The molecule has 0 radical (unpaired) electrons. The van der Waals surface area contributed by atoms with Crippen LogP contribution in [-0.4, -0.2) is 36.7 Å². The van der Waals surface area contributed by atoms with Gasteiger partial charge in [0.15, 0.2) is 5.82 Å². The lowest BCUT2D eigenvalue weighted by atomic mass is 9.92. The van der Waals surface area contributed by atoms with E-state index in [1.807, 2.05) is 13.8 Å². The van der Waals surface area contributed by atoms with Gasteiger partial charge in [-0.25, -0.2) is 4.98 Å². The quantitative estimate of drug-likeness (QED) is 0.483. The van der Waals surface area contributed by atoms with E-state index in [1.54, 1.807) is 35.9 Å². The first-order chi connectivity index (χ1) is 14.8. The summed E-state index contributed by atoms with van der Waals surface area (Å²) in [5.74, 6) is -0.452. The molecule has 3 aromatic heterocycles. The van der Waals surface area contributed by atoms with E-state index in [9.17, 15) is 9.59 Å². The number of nitrogens with zero attached hydrogens (tertiary/aromatic N) is 5. The number of hydrogen-bond donors (Lipinski definition) is 2. The molecule has 31 heavy (non-hydrogen) atoms. The van der Waals surface area contributed by atoms with Gasteiger partial charge in [0, 0.05) is 28.6 Å². The Hall–Kier alpha value is -4.08. The predicted octanol–water partition coefficient (Wildman–Crippen LogP) is 1.91. The molecule has 0 saturated carbocycles. The van der Waals surface area contributed by atoms with Crippen molar-refractivity contribution < 1.29 is 14.1 Å². The summed E-state index contributed by atoms with van der Waals surface area (Å²) in [4.78, 5) is 33.6. The van der Waals surface area contributed by atoms with Crippen LogP contribution >= 0.6 is 0 Å². The highest BCUT2D eigenvalue weighted by molar-refractivity contribution is 6.15. The van der Waals surface area contributed by atoms with E-state index in [0.29, 0.717) is 46.0 Å². The van der Waals surface area contributed by atoms with E-state index < -0.39 is 11.8 Å². The van der Waals surface area contributed by atoms with E-state index in [-0.39, 0.29) is 23.4 Å². The standard InChI is InChI=1S/C21H21N7O3/c1-4-15-25-14(27-31-15)9-28-11(3)16(10(2)26-28)18-17(20(22)29)12-7-5-6-8-13(12)24-19(18)21(23)30/h5-8H,4,9H2,1-3H3,(H2,22,29)(H2,23,30). The van der Waals surface area contributed by atoms with Gasteiger partial charge in [-0.2, -0.15) is 10.1 Å². The highest BCUT2D eigenvalue weighted by Crippen LogP contribution is 2.36. The molecule has 0 aliphatic rings. The second-order valence-electron chi connectivity index (χ2n) is 7.12. The molecule has 0 aliphatic heterocycles. The Labute approximate surface area is 177 Å². The lowest BCUT2D eigenvalue weighted by molar-refractivity contribution is 0.0996. The highest BCUT2D eigenvalue weighted by atomic mass is 16.5. The smallest absolute Gasteiger partial charge is 0.267 e. The van der Waals surface area contributed by atoms with Crippen molar-refractivity contribution in [2.45, 2.75) is 33.7 Å². The Morgan fingerprint density at radius 2 is 1.81 bits per heavy atom. The number of rotatable bonds is 6. The minimum atomic E-state index is -0.763. The molecule has 0 saturated heterocycles. The number of carbonyl (C=O) groups is 2. The predicted molar refractivity (Wildman–Crippen MR) is 112 cm³/mol. The van der Waals surface area contributed by atoms with E-state index in [0.717, 1.165) is 0 Å². The average molecular weight is 419 g/mol. The fourth-order valence-electron chi connectivity index (χ4n) is 3.73. The van der Waals surface area contributed by atoms with Crippen molar-refractivity contribution in [3.05, 3.63) is 58.6 Å². The lowest BCUT2D eigenvalue weighted by Gasteiger charge is -2.14. The molecular weight excluding hydrogens is 398 g/mol. The maximum absolute atomic E-state index is 12.5. The van der Waals surface area contributed by atoms with E-state index in [4.69, 9.17) is 16.0 Å². The monoisotopic (exact) mass is 419 g/mol. The van der Waals surface area contributed by atoms with Crippen LogP contribution in [0.15, 0.2) is 28.8 Å². The number of aryl methyl sites for hydroxylation is 2. The van der Waals surface area contributed by atoms with Crippen LogP contribution in [0.3, 0.4) is 0 Å². The minimum absolute atomic E-state index is 0.0360. The molecule has 158 valence electrons. The summed E-state index contributed by atoms with van der Waals surface area (Å²) in [6.45, 7) is 5.77. The van der Waals surface area contributed by atoms with Gasteiger partial charge in [-0.15, -0.1) is 0 Å². The summed E-state index contributed by atoms with van der Waals surface area (Å²) in [5, 5.41) is 9.06. The van der Waals surface area contributed by atoms with Crippen LogP contribution in [-0.2, 0) is 13.0 Å². The number of hydrogen-bond acceptors (Lipinski definition) is 7. The first-order valence-corrected chi connectivity index (χ1v) is 9.70. The molecule has 10 nitrogen and oxygen atoms in total. The summed E-state index contributed by atoms with van der Waals surface area (Å²) in [7, 11) is 0. The van der Waals surface area contributed by atoms with Gasteiger partial charge < -0.3 is 16.0 Å². The summed E-state index contributed by atoms with van der Waals surface area (Å²) >= 11 is 0. The Bertz CT molecular complexity index is 1340. The van der Waals surface area contributed by atoms with E-state index in [2.05, 4.69) is 20.2 Å². The molecule has 10 heteroatoms. The van der Waals surface area contributed by atoms with Crippen LogP contribution in [0.4, 0.5) is 0 Å². The first-order valence-electron chi connectivity index (χ1n) is 9.70. The first kappa shape index (κ1) is 20.2. The SMILES string of the molecule is CCc1nc(Cn2nc(C)c(-c3c(C(N)=O)nc4ccccc4c3C(N)=O)c2C)no1. The van der Waals surface area contributed by atoms with Crippen molar-refractivity contribution in [3.63, 3.8) is 0 Å². The van der Waals surface area contributed by atoms with Gasteiger partial charge in [0.2, 0.25) is 11.8 Å². The van der Waals surface area contributed by atoms with Crippen molar-refractivity contribution in [3.8, 4) is 11.1 Å². The van der Waals surface area contributed by atoms with Gasteiger partial charge >= 0.3 is 0 Å². The number of carbonyl (C=O) groups excluding carboxylic acids is 2. The Morgan fingerprint density at radius 3 is 2.45 bits per heavy atom. The maximum atomic E-state index is 12.5. The molecule has 0 fully saturated rings. The molecule has 4 N–H and O–H groups in total. The van der Waals surface area contributed by atoms with Crippen molar-refractivity contribution in [1.29, 1.82) is 0 Å². The fraction of sp³-hybridized carbons (Fsp3) is 0.238. The molecular formula is C21H21N7O3. The topological polar surface area (TPSA) is 156 Å². The molecule has 3 heterocycles. The van der Waals surface area contributed by atoms with Crippen LogP contribution in [0.5, 0.6) is 0 Å². The van der Waals surface area contributed by atoms with Crippen LogP contribution in [0.1, 0.15) is 50.9 Å². The van der Waals surface area contributed by atoms with E-state index in [1.165, 1.54) is 0 Å². The third kappa shape index (κ3) is 3.41. The molecule has 1 aromatic carbocycles. The minimum Gasteiger partial charge on any atom is -0.366 e. The second kappa shape index (κ2) is 7.63. The van der Waals surface area contributed by atoms with Crippen LogP contribution < -0.4 is 11.5 Å². The van der Waals surface area contributed by atoms with Crippen molar-refractivity contribution >= 4 is 22.7 Å². The summed E-state index contributed by atoms with van der Waals surface area (Å²) in [6, 6.07) is 6.96. The van der Waals surface area contributed by atoms with Gasteiger partial charge in [-0.05, 0) is 19.9 Å². The zero-order valence-corrected chi connectivity index (χ0v) is 17.3. The highest BCUT2D eigenvalue weighted by Gasteiger charge is 2.27. The number of nitrogens with two attached hydrogens (primary N) is 2. The average Bonchev–Trinajstić information content (AvgIpc) is 3.30. The molecule has 4 rings (SSSR count). The number of benzene rings is 1. The Balaban J connectivity index is 1.97. The number of aromatic nitrogens is 5. The third-order valence-electron chi connectivity index (χ3n) is 5.11. The Morgan fingerprint density at radius 1 is 1.06 bits per heavy atom. The molecule has 0 aliphatic carbocycles. The van der Waals surface area contributed by atoms with Gasteiger partial charge in [-0.3, -0.25) is 14.3 Å². The lowest BCUT2D eigenvalue weighted by Crippen LogP contribution is -2.21. The largest absolute Gasteiger partial charge is 0.366 e. The molecule has 0 atom stereocenters. The summed E-state index contributed by atoms with van der Waals surface area (Å²) in [6.07, 6.45) is 0.627. The normalized spacial score (nSPS) is 11.2. The van der Waals surface area contributed by atoms with Gasteiger partial charge in [0.25, 0.3) is 5.91 Å². The van der Waals surface area contributed by atoms with Crippen molar-refractivity contribution in [2.24, 2.45) is 11.5 Å². The zero-order valence-electron chi connectivity index (χ0n) is 17.3. The van der Waals surface area contributed by atoms with Crippen molar-refractivity contribution in [1.82, 2.24) is 24.9 Å². The Kier molecular flexibility index (Phi) is 4.97. The molecule has 2 amide bonds. The van der Waals surface area contributed by atoms with Crippen LogP contribution in [0.2, 0.25) is 0 Å². The second-order valence-corrected chi connectivity index (χ2v) is 7.12. The number of amides is 2. The fourth-order valence-corrected chi connectivity index (χ4v) is 3.73. The molecule has 0 bridgehead atoms. The van der Waals surface area contributed by atoms with Crippen molar-refractivity contribution in [2.75, 3.05) is 0 Å². The molecule has 4 aromatic rings. The summed E-state index contributed by atoms with van der Waals surface area (Å²) < 4.78 is 6.84. The molecule has 0 spiro atoms. The number of fused-ring (bicyclic) bond motifs is 1. The van der Waals surface area contributed by atoms with E-state index >= 15 is 0 Å². The number of primary amides is 2. The third-order valence-corrected chi connectivity index (χ3v) is 5.11. The van der Waals surface area contributed by atoms with Gasteiger partial charge in [0.1, 0.15) is 12.2 Å². The van der Waals surface area contributed by atoms with Crippen LogP contribution in [0, 0.1) is 13.8 Å². The van der Waals surface area contributed by atoms with Gasteiger partial charge in [-0.1, -0.05) is 30.3 Å². The summed E-state index contributed by atoms with van der Waals surface area (Å²) in [5.41, 5.74) is 14.1. The van der Waals surface area contributed by atoms with Gasteiger partial charge in [0.05, 0.1) is 16.8 Å². The zero-order chi connectivity index (χ0) is 22.3. The number of pyridine rings is 1. The maximum Gasteiger partial charge on any atom is 0.267 e. The molecule has 0 unspecified atom stereocenters. The van der Waals surface area contributed by atoms with Crippen LogP contribution in [0.25, 0.3) is 22.0 Å².